The molecule has 13 atom stereocenters. The maximum atomic E-state index is 10.7. The molecule has 1 unspecified atom stereocenters. The average Bonchev–Trinajstić information content (AvgIpc) is 2.96. The van der Waals surface area contributed by atoms with E-state index in [1.165, 1.54) is 44.9 Å². The molecule has 2 aliphatic heterocycles. The van der Waals surface area contributed by atoms with Crippen LogP contribution in [0.15, 0.2) is 0 Å². The first kappa shape index (κ1) is 38.7. The topological polar surface area (TPSA) is 179 Å². The molecule has 0 amide bonds. The highest BCUT2D eigenvalue weighted by Crippen LogP contribution is 2.30. The zero-order valence-electron chi connectivity index (χ0n) is 27.0. The fraction of sp³-hybridized carbons (Fsp3) is 1.00. The van der Waals surface area contributed by atoms with Gasteiger partial charge < -0.3 is 54.7 Å². The minimum Gasteiger partial charge on any atom is -0.394 e. The summed E-state index contributed by atoms with van der Waals surface area (Å²) in [4.78, 5) is 0. The fourth-order valence-electron chi connectivity index (χ4n) is 6.02. The third kappa shape index (κ3) is 12.7. The molecular weight excluding hydrogens is 560 g/mol. The fourth-order valence-corrected chi connectivity index (χ4v) is 6.02. The Morgan fingerprint density at radius 2 is 1.00 bits per heavy atom. The van der Waals surface area contributed by atoms with Crippen LogP contribution in [0.3, 0.4) is 0 Å². The highest BCUT2D eigenvalue weighted by molar-refractivity contribution is 4.94. The van der Waals surface area contributed by atoms with Crippen LogP contribution < -0.4 is 0 Å². The van der Waals surface area contributed by atoms with Crippen molar-refractivity contribution in [2.45, 2.75) is 160 Å². The summed E-state index contributed by atoms with van der Waals surface area (Å²) < 4.78 is 22.4. The lowest BCUT2D eigenvalue weighted by Gasteiger charge is -2.46. The first-order valence-corrected chi connectivity index (χ1v) is 16.6. The van der Waals surface area contributed by atoms with Gasteiger partial charge in [-0.1, -0.05) is 92.4 Å². The predicted molar refractivity (Wildman–Crippen MR) is 161 cm³/mol. The highest BCUT2D eigenvalue weighted by atomic mass is 16.7. The Morgan fingerprint density at radius 3 is 1.51 bits per heavy atom. The number of aliphatic hydroxyl groups is 7. The molecule has 2 aliphatic rings. The molecule has 11 nitrogen and oxygen atoms in total. The van der Waals surface area contributed by atoms with Crippen molar-refractivity contribution in [3.63, 3.8) is 0 Å². The molecular formula is C32H62O11. The summed E-state index contributed by atoms with van der Waals surface area (Å²) >= 11 is 0. The second-order valence-corrected chi connectivity index (χ2v) is 13.7. The van der Waals surface area contributed by atoms with Crippen molar-refractivity contribution in [2.24, 2.45) is 23.7 Å². The molecule has 256 valence electrons. The van der Waals surface area contributed by atoms with Gasteiger partial charge in [0.25, 0.3) is 0 Å². The largest absolute Gasteiger partial charge is 0.394 e. The van der Waals surface area contributed by atoms with E-state index < -0.39 is 74.6 Å². The van der Waals surface area contributed by atoms with Crippen molar-refractivity contribution in [1.82, 2.24) is 0 Å². The first-order valence-electron chi connectivity index (χ1n) is 16.6. The zero-order chi connectivity index (χ0) is 32.1. The van der Waals surface area contributed by atoms with Gasteiger partial charge in [-0.05, 0) is 30.1 Å². The Hall–Kier alpha value is -0.440. The molecule has 0 bridgehead atoms. The summed E-state index contributed by atoms with van der Waals surface area (Å²) in [5.41, 5.74) is 0. The molecule has 2 rings (SSSR count). The SMILES string of the molecule is CC(C)CCC[C@@H](C)CCC[C@@H](C)CCCC(C)CCO[C@@H]1O[C@H](CO)[C@@H](O[C@H]2O[C@H](CO)[C@@H](O)[C@H](O)[C@H]2O)[C@H](O)[C@H]1O. The quantitative estimate of drug-likeness (QED) is 0.106. The van der Waals surface area contributed by atoms with Gasteiger partial charge in [-0.25, -0.2) is 0 Å². The number of hydrogen-bond donors (Lipinski definition) is 7. The van der Waals surface area contributed by atoms with Gasteiger partial charge >= 0.3 is 0 Å². The van der Waals surface area contributed by atoms with E-state index in [-0.39, 0.29) is 0 Å². The van der Waals surface area contributed by atoms with E-state index in [2.05, 4.69) is 34.6 Å². The molecule has 11 heteroatoms. The van der Waals surface area contributed by atoms with Crippen molar-refractivity contribution in [3.05, 3.63) is 0 Å². The van der Waals surface area contributed by atoms with Gasteiger partial charge in [-0.3, -0.25) is 0 Å². The van der Waals surface area contributed by atoms with Gasteiger partial charge in [0.2, 0.25) is 0 Å². The summed E-state index contributed by atoms with van der Waals surface area (Å²) in [5, 5.41) is 70.9. The van der Waals surface area contributed by atoms with Crippen LogP contribution in [-0.4, -0.2) is 117 Å². The minimum absolute atomic E-state index is 0.302. The molecule has 0 aromatic rings. The van der Waals surface area contributed by atoms with Crippen LogP contribution in [0.4, 0.5) is 0 Å². The molecule has 0 aromatic carbocycles. The van der Waals surface area contributed by atoms with Crippen molar-refractivity contribution in [3.8, 4) is 0 Å². The molecule has 2 heterocycles. The van der Waals surface area contributed by atoms with Crippen molar-refractivity contribution < 1.29 is 54.7 Å². The number of aliphatic hydroxyl groups excluding tert-OH is 7. The van der Waals surface area contributed by atoms with Gasteiger partial charge in [0.15, 0.2) is 12.6 Å². The van der Waals surface area contributed by atoms with Gasteiger partial charge in [0, 0.05) is 0 Å². The van der Waals surface area contributed by atoms with Crippen molar-refractivity contribution in [1.29, 1.82) is 0 Å². The third-order valence-corrected chi connectivity index (χ3v) is 9.12. The molecule has 2 fully saturated rings. The summed E-state index contributed by atoms with van der Waals surface area (Å²) in [5.74, 6) is 2.73. The number of ether oxygens (including phenoxy) is 4. The summed E-state index contributed by atoms with van der Waals surface area (Å²) in [7, 11) is 0. The second-order valence-electron chi connectivity index (χ2n) is 13.7. The lowest BCUT2D eigenvalue weighted by atomic mass is 9.91. The van der Waals surface area contributed by atoms with Gasteiger partial charge in [-0.2, -0.15) is 0 Å². The Morgan fingerprint density at radius 1 is 0.535 bits per heavy atom. The van der Waals surface area contributed by atoms with Crippen LogP contribution in [0, 0.1) is 23.7 Å². The monoisotopic (exact) mass is 622 g/mol. The first-order chi connectivity index (χ1) is 20.4. The van der Waals surface area contributed by atoms with Crippen LogP contribution in [0.1, 0.15) is 98.8 Å². The van der Waals surface area contributed by atoms with E-state index in [0.29, 0.717) is 18.4 Å². The molecule has 0 aliphatic carbocycles. The van der Waals surface area contributed by atoms with Crippen LogP contribution in [0.5, 0.6) is 0 Å². The summed E-state index contributed by atoms with van der Waals surface area (Å²) in [6.07, 6.45) is -2.36. The normalized spacial score (nSPS) is 35.7. The lowest BCUT2D eigenvalue weighted by molar-refractivity contribution is -0.359. The summed E-state index contributed by atoms with van der Waals surface area (Å²) in [6.45, 7) is 10.5. The minimum atomic E-state index is -1.70. The molecule has 0 aromatic heterocycles. The molecule has 0 spiro atoms. The van der Waals surface area contributed by atoms with Crippen molar-refractivity contribution in [2.75, 3.05) is 19.8 Å². The van der Waals surface area contributed by atoms with Crippen LogP contribution in [-0.2, 0) is 18.9 Å². The average molecular weight is 623 g/mol. The standard InChI is InChI=1S/C32H62O11/c1-19(2)9-6-10-20(3)11-7-12-21(4)13-8-14-22(5)15-16-40-31-29(39)27(37)30(24(18-34)42-31)43-32-28(38)26(36)25(35)23(17-33)41-32/h19-39H,6-18H2,1-5H3/t20-,21-,22?,23-,24-,25-,26+,27-,28-,29-,30-,31-,32-/m1/s1. The molecule has 43 heavy (non-hydrogen) atoms. The van der Waals surface area contributed by atoms with E-state index in [9.17, 15) is 35.7 Å². The molecule has 0 saturated carbocycles. The van der Waals surface area contributed by atoms with Crippen molar-refractivity contribution >= 4 is 0 Å². The Balaban J connectivity index is 1.68. The van der Waals surface area contributed by atoms with E-state index in [0.717, 1.165) is 31.1 Å². The maximum Gasteiger partial charge on any atom is 0.187 e. The van der Waals surface area contributed by atoms with Gasteiger partial charge in [0.05, 0.1) is 19.8 Å². The maximum absolute atomic E-state index is 10.7. The second kappa shape index (κ2) is 19.9. The zero-order valence-corrected chi connectivity index (χ0v) is 27.0. The van der Waals surface area contributed by atoms with E-state index in [1.54, 1.807) is 0 Å². The molecule has 2 saturated heterocycles. The summed E-state index contributed by atoms with van der Waals surface area (Å²) in [6, 6.07) is 0. The smallest absolute Gasteiger partial charge is 0.187 e. The predicted octanol–water partition coefficient (Wildman–Crippen LogP) is 2.09. The Bertz CT molecular complexity index is 723. The van der Waals surface area contributed by atoms with E-state index in [4.69, 9.17) is 18.9 Å². The van der Waals surface area contributed by atoms with Gasteiger partial charge in [-0.15, -0.1) is 0 Å². The number of hydrogen-bond acceptors (Lipinski definition) is 11. The molecule has 0 radical (unpaired) electrons. The Kier molecular flexibility index (Phi) is 18.0. The van der Waals surface area contributed by atoms with Crippen LogP contribution >= 0.6 is 0 Å². The van der Waals surface area contributed by atoms with Crippen LogP contribution in [0.2, 0.25) is 0 Å². The lowest BCUT2D eigenvalue weighted by Crippen LogP contribution is -2.64. The highest BCUT2D eigenvalue weighted by Gasteiger charge is 2.50. The molecule has 7 N–H and O–H groups in total. The third-order valence-electron chi connectivity index (χ3n) is 9.12. The van der Waals surface area contributed by atoms with E-state index in [1.807, 2.05) is 0 Å². The number of rotatable bonds is 20. The van der Waals surface area contributed by atoms with Crippen LogP contribution in [0.25, 0.3) is 0 Å². The Labute approximate surface area is 258 Å². The van der Waals surface area contributed by atoms with Gasteiger partial charge in [0.1, 0.15) is 48.8 Å². The van der Waals surface area contributed by atoms with E-state index >= 15 is 0 Å².